The second-order valence-electron chi connectivity index (χ2n) is 4.32. The molecule has 0 saturated heterocycles. The van der Waals surface area contributed by atoms with Crippen LogP contribution in [0.5, 0.6) is 5.75 Å². The molecular weight excluding hydrogens is 266 g/mol. The number of aromatic hydroxyl groups is 1. The van der Waals surface area contributed by atoms with Crippen LogP contribution < -0.4 is 5.43 Å². The lowest BCUT2D eigenvalue weighted by atomic mass is 10.1. The molecule has 5 heteroatoms. The molecule has 0 fully saturated rings. The number of hydrazone groups is 1. The maximum atomic E-state index is 11.8. The van der Waals surface area contributed by atoms with Gasteiger partial charge in [-0.25, -0.2) is 5.43 Å². The van der Waals surface area contributed by atoms with E-state index in [-0.39, 0.29) is 11.7 Å². The van der Waals surface area contributed by atoms with Gasteiger partial charge >= 0.3 is 0 Å². The number of amides is 1. The van der Waals surface area contributed by atoms with Crippen molar-refractivity contribution in [2.45, 2.75) is 6.42 Å². The number of nitrogens with zero attached hydrogens (tertiary/aromatic N) is 2. The Balaban J connectivity index is 2.03. The van der Waals surface area contributed by atoms with E-state index in [0.29, 0.717) is 12.0 Å². The normalized spacial score (nSPS) is 10.5. The number of phenolic OH excluding ortho intramolecular Hbond substituents is 1. The molecule has 0 bridgehead atoms. The fourth-order valence-corrected chi connectivity index (χ4v) is 1.74. The van der Waals surface area contributed by atoms with Crippen LogP contribution in [-0.2, 0) is 6.42 Å². The summed E-state index contributed by atoms with van der Waals surface area (Å²) in [6, 6.07) is 8.30. The van der Waals surface area contributed by atoms with Crippen LogP contribution in [0.15, 0.2) is 60.5 Å². The molecule has 21 heavy (non-hydrogen) atoms. The summed E-state index contributed by atoms with van der Waals surface area (Å²) >= 11 is 0. The molecule has 0 aliphatic carbocycles. The largest absolute Gasteiger partial charge is 0.508 e. The maximum absolute atomic E-state index is 11.8. The van der Waals surface area contributed by atoms with E-state index in [2.05, 4.69) is 22.1 Å². The van der Waals surface area contributed by atoms with E-state index < -0.39 is 0 Å². The lowest BCUT2D eigenvalue weighted by Crippen LogP contribution is -2.17. The van der Waals surface area contributed by atoms with Gasteiger partial charge in [0.1, 0.15) is 5.75 Å². The Morgan fingerprint density at radius 3 is 2.81 bits per heavy atom. The third kappa shape index (κ3) is 4.01. The van der Waals surface area contributed by atoms with Gasteiger partial charge in [0, 0.05) is 18.0 Å². The highest BCUT2D eigenvalue weighted by molar-refractivity contribution is 5.94. The first-order chi connectivity index (χ1) is 10.2. The first-order valence-electron chi connectivity index (χ1n) is 6.37. The lowest BCUT2D eigenvalue weighted by Gasteiger charge is -2.03. The van der Waals surface area contributed by atoms with E-state index in [1.54, 1.807) is 48.8 Å². The summed E-state index contributed by atoms with van der Waals surface area (Å²) in [6.07, 6.45) is 6.88. The van der Waals surface area contributed by atoms with E-state index in [4.69, 9.17) is 0 Å². The van der Waals surface area contributed by atoms with Gasteiger partial charge in [-0.05, 0) is 47.9 Å². The number of rotatable bonds is 5. The predicted molar refractivity (Wildman–Crippen MR) is 81.3 cm³/mol. The van der Waals surface area contributed by atoms with Gasteiger partial charge in [0.2, 0.25) is 0 Å². The SMILES string of the molecule is C=CCc1cc(/C=N/NC(=O)c2ccncc2)ccc1O. The molecule has 1 heterocycles. The van der Waals surface area contributed by atoms with Crippen LogP contribution in [0, 0.1) is 0 Å². The number of allylic oxidation sites excluding steroid dienone is 1. The molecule has 106 valence electrons. The molecule has 0 unspecified atom stereocenters. The summed E-state index contributed by atoms with van der Waals surface area (Å²) in [5.74, 6) is -0.0911. The van der Waals surface area contributed by atoms with Gasteiger partial charge in [-0.2, -0.15) is 5.10 Å². The molecule has 1 aromatic carbocycles. The average molecular weight is 281 g/mol. The molecule has 0 aliphatic rings. The number of benzene rings is 1. The third-order valence-corrected chi connectivity index (χ3v) is 2.79. The second kappa shape index (κ2) is 7.00. The van der Waals surface area contributed by atoms with Crippen molar-refractivity contribution in [3.05, 3.63) is 72.1 Å². The molecule has 0 atom stereocenters. The van der Waals surface area contributed by atoms with Crippen LogP contribution in [-0.4, -0.2) is 22.2 Å². The molecular formula is C16H15N3O2. The van der Waals surface area contributed by atoms with Crippen molar-refractivity contribution in [2.75, 3.05) is 0 Å². The van der Waals surface area contributed by atoms with Crippen molar-refractivity contribution in [2.24, 2.45) is 5.10 Å². The van der Waals surface area contributed by atoms with Gasteiger partial charge in [0.05, 0.1) is 6.21 Å². The minimum Gasteiger partial charge on any atom is -0.508 e. The summed E-state index contributed by atoms with van der Waals surface area (Å²) in [7, 11) is 0. The molecule has 2 N–H and O–H groups in total. The van der Waals surface area contributed by atoms with Crippen molar-refractivity contribution < 1.29 is 9.90 Å². The van der Waals surface area contributed by atoms with Crippen LogP contribution in [0.3, 0.4) is 0 Å². The molecule has 0 saturated carbocycles. The summed E-state index contributed by atoms with van der Waals surface area (Å²) in [5.41, 5.74) is 4.46. The minimum atomic E-state index is -0.307. The topological polar surface area (TPSA) is 74.6 Å². The van der Waals surface area contributed by atoms with Crippen LogP contribution in [0.4, 0.5) is 0 Å². The van der Waals surface area contributed by atoms with Gasteiger partial charge in [-0.15, -0.1) is 6.58 Å². The highest BCUT2D eigenvalue weighted by Gasteiger charge is 2.03. The Kier molecular flexibility index (Phi) is 4.82. The zero-order valence-electron chi connectivity index (χ0n) is 11.4. The molecule has 2 rings (SSSR count). The van der Waals surface area contributed by atoms with Gasteiger partial charge in [-0.1, -0.05) is 6.08 Å². The summed E-state index contributed by atoms with van der Waals surface area (Å²) in [6.45, 7) is 3.64. The number of hydrogen-bond donors (Lipinski definition) is 2. The lowest BCUT2D eigenvalue weighted by molar-refractivity contribution is 0.0955. The monoisotopic (exact) mass is 281 g/mol. The summed E-state index contributed by atoms with van der Waals surface area (Å²) in [5, 5.41) is 13.6. The van der Waals surface area contributed by atoms with E-state index in [1.807, 2.05) is 0 Å². The number of aromatic nitrogens is 1. The Morgan fingerprint density at radius 2 is 2.10 bits per heavy atom. The summed E-state index contributed by atoms with van der Waals surface area (Å²) < 4.78 is 0. The van der Waals surface area contributed by atoms with Crippen molar-refractivity contribution in [1.29, 1.82) is 0 Å². The number of hydrogen-bond acceptors (Lipinski definition) is 4. The third-order valence-electron chi connectivity index (χ3n) is 2.79. The van der Waals surface area contributed by atoms with Gasteiger partial charge in [-0.3, -0.25) is 9.78 Å². The molecule has 0 radical (unpaired) electrons. The molecule has 2 aromatic rings. The Labute approximate surface area is 122 Å². The van der Waals surface area contributed by atoms with E-state index >= 15 is 0 Å². The average Bonchev–Trinajstić information content (AvgIpc) is 2.51. The molecule has 5 nitrogen and oxygen atoms in total. The first-order valence-corrected chi connectivity index (χ1v) is 6.37. The molecule has 0 aliphatic heterocycles. The van der Waals surface area contributed by atoms with E-state index in [1.165, 1.54) is 6.21 Å². The van der Waals surface area contributed by atoms with E-state index in [9.17, 15) is 9.90 Å². The minimum absolute atomic E-state index is 0.216. The van der Waals surface area contributed by atoms with Crippen molar-refractivity contribution in [1.82, 2.24) is 10.4 Å². The highest BCUT2D eigenvalue weighted by Crippen LogP contribution is 2.18. The standard InChI is InChI=1S/C16H15N3O2/c1-2-3-14-10-12(4-5-15(14)20)11-18-19-16(21)13-6-8-17-9-7-13/h2,4-11,20H,1,3H2,(H,19,21)/b18-11+. The first kappa shape index (κ1) is 14.5. The smallest absolute Gasteiger partial charge is 0.271 e. The zero-order valence-corrected chi connectivity index (χ0v) is 11.4. The van der Waals surface area contributed by atoms with E-state index in [0.717, 1.165) is 11.1 Å². The fourth-order valence-electron chi connectivity index (χ4n) is 1.74. The van der Waals surface area contributed by atoms with Crippen LogP contribution >= 0.6 is 0 Å². The number of nitrogens with one attached hydrogen (secondary N) is 1. The molecule has 1 aromatic heterocycles. The summed E-state index contributed by atoms with van der Waals surface area (Å²) in [4.78, 5) is 15.6. The van der Waals surface area contributed by atoms with Crippen LogP contribution in [0.2, 0.25) is 0 Å². The quantitative estimate of drug-likeness (QED) is 0.501. The molecule has 1 amide bonds. The number of carbonyl (C=O) groups is 1. The van der Waals surface area contributed by atoms with Crippen LogP contribution in [0.25, 0.3) is 0 Å². The van der Waals surface area contributed by atoms with Crippen molar-refractivity contribution in [3.63, 3.8) is 0 Å². The van der Waals surface area contributed by atoms with Crippen LogP contribution in [0.1, 0.15) is 21.5 Å². The molecule has 0 spiro atoms. The van der Waals surface area contributed by atoms with Crippen molar-refractivity contribution in [3.8, 4) is 5.75 Å². The van der Waals surface area contributed by atoms with Crippen molar-refractivity contribution >= 4 is 12.1 Å². The Hall–Kier alpha value is -2.95. The number of carbonyl (C=O) groups excluding carboxylic acids is 1. The fraction of sp³-hybridized carbons (Fsp3) is 0.0625. The zero-order chi connectivity index (χ0) is 15.1. The number of pyridine rings is 1. The number of phenols is 1. The Bertz CT molecular complexity index is 666. The van der Waals surface area contributed by atoms with Gasteiger partial charge in [0.25, 0.3) is 5.91 Å². The van der Waals surface area contributed by atoms with Gasteiger partial charge < -0.3 is 5.11 Å². The second-order valence-corrected chi connectivity index (χ2v) is 4.32. The van der Waals surface area contributed by atoms with Gasteiger partial charge in [0.15, 0.2) is 0 Å². The highest BCUT2D eigenvalue weighted by atomic mass is 16.3. The predicted octanol–water partition coefficient (Wildman–Crippen LogP) is 2.28. The maximum Gasteiger partial charge on any atom is 0.271 e. The Morgan fingerprint density at radius 1 is 1.33 bits per heavy atom.